The van der Waals surface area contributed by atoms with Gasteiger partial charge in [0.15, 0.2) is 0 Å². The van der Waals surface area contributed by atoms with Gasteiger partial charge in [0.2, 0.25) is 5.91 Å². The molecule has 0 bridgehead atoms. The van der Waals surface area contributed by atoms with Crippen LogP contribution in [0.2, 0.25) is 0 Å². The van der Waals surface area contributed by atoms with E-state index in [1.807, 2.05) is 24.3 Å². The van der Waals surface area contributed by atoms with Gasteiger partial charge in [0.25, 0.3) is 0 Å². The molecule has 0 aromatic heterocycles. The lowest BCUT2D eigenvalue weighted by Gasteiger charge is -2.43. The highest BCUT2D eigenvalue weighted by atomic mass is 19.1. The summed E-state index contributed by atoms with van der Waals surface area (Å²) in [6, 6.07) is 13.3. The number of hydrogen-bond donors (Lipinski definition) is 4. The Balaban J connectivity index is 1.50. The van der Waals surface area contributed by atoms with Crippen molar-refractivity contribution in [1.29, 1.82) is 0 Å². The number of carbonyl (C=O) groups is 1. The molecule has 0 spiro atoms. The van der Waals surface area contributed by atoms with Crippen LogP contribution in [0.25, 0.3) is 0 Å². The third-order valence-electron chi connectivity index (χ3n) is 6.84. The van der Waals surface area contributed by atoms with Crippen LogP contribution in [0.5, 0.6) is 0 Å². The van der Waals surface area contributed by atoms with Crippen LogP contribution in [0.4, 0.5) is 10.1 Å². The van der Waals surface area contributed by atoms with E-state index in [9.17, 15) is 29.6 Å². The molecule has 4 N–H and O–H groups in total. The van der Waals surface area contributed by atoms with Gasteiger partial charge in [-0.2, -0.15) is 0 Å². The van der Waals surface area contributed by atoms with Crippen LogP contribution < -0.4 is 4.90 Å². The van der Waals surface area contributed by atoms with Crippen molar-refractivity contribution in [3.8, 4) is 0 Å². The number of β-lactam (4-membered cyclic amide) rings is 1. The normalized spacial score (nSPS) is 30.0. The van der Waals surface area contributed by atoms with E-state index in [-0.39, 0.29) is 23.6 Å². The molecule has 2 unspecified atom stereocenters. The average molecular weight is 472 g/mol. The van der Waals surface area contributed by atoms with E-state index in [1.54, 1.807) is 23.1 Å². The molecule has 2 aliphatic rings. The third-order valence-corrected chi connectivity index (χ3v) is 6.84. The quantitative estimate of drug-likeness (QED) is 0.346. The summed E-state index contributed by atoms with van der Waals surface area (Å²) in [5, 5.41) is 40.5. The zero-order valence-electron chi connectivity index (χ0n) is 18.7. The molecule has 2 fully saturated rings. The second-order valence-corrected chi connectivity index (χ2v) is 8.91. The van der Waals surface area contributed by atoms with Crippen LogP contribution >= 0.6 is 0 Å². The number of benzene rings is 2. The maximum Gasteiger partial charge on any atom is 0.236 e. The minimum atomic E-state index is -1.44. The molecule has 8 heteroatoms. The van der Waals surface area contributed by atoms with Gasteiger partial charge in [-0.25, -0.2) is 4.39 Å². The summed E-state index contributed by atoms with van der Waals surface area (Å²) >= 11 is 0. The number of amides is 1. The monoisotopic (exact) mass is 471 g/mol. The summed E-state index contributed by atoms with van der Waals surface area (Å²) in [5.41, 5.74) is 2.35. The van der Waals surface area contributed by atoms with Gasteiger partial charge in [0, 0.05) is 18.2 Å². The Labute approximate surface area is 197 Å². The lowest BCUT2D eigenvalue weighted by Crippen LogP contribution is -2.59. The van der Waals surface area contributed by atoms with E-state index >= 15 is 0 Å². The number of halogens is 1. The van der Waals surface area contributed by atoms with Crippen molar-refractivity contribution in [2.24, 2.45) is 0 Å². The second kappa shape index (κ2) is 10.3. The first-order valence-corrected chi connectivity index (χ1v) is 11.4. The largest absolute Gasteiger partial charge is 0.394 e. The second-order valence-electron chi connectivity index (χ2n) is 8.91. The van der Waals surface area contributed by atoms with Crippen LogP contribution in [0.1, 0.15) is 35.8 Å². The highest BCUT2D eigenvalue weighted by Gasteiger charge is 2.46. The Morgan fingerprint density at radius 1 is 1.06 bits per heavy atom. The molecule has 0 aliphatic carbocycles. The number of nitrogens with zero attached hydrogens (tertiary/aromatic N) is 1. The topological polar surface area (TPSA) is 110 Å². The van der Waals surface area contributed by atoms with E-state index < -0.39 is 37.1 Å². The minimum Gasteiger partial charge on any atom is -0.394 e. The fourth-order valence-corrected chi connectivity index (χ4v) is 4.78. The zero-order chi connectivity index (χ0) is 24.4. The van der Waals surface area contributed by atoms with Gasteiger partial charge in [-0.15, -0.1) is 6.58 Å². The summed E-state index contributed by atoms with van der Waals surface area (Å²) in [5.74, 6) is -1.03. The number of carbonyl (C=O) groups excluding carboxylic acids is 1. The predicted octanol–water partition coefficient (Wildman–Crippen LogP) is 1.85. The average Bonchev–Trinajstić information content (AvgIpc) is 2.85. The van der Waals surface area contributed by atoms with E-state index in [4.69, 9.17) is 4.74 Å². The van der Waals surface area contributed by atoms with Crippen molar-refractivity contribution in [2.45, 2.75) is 55.2 Å². The Morgan fingerprint density at radius 3 is 2.32 bits per heavy atom. The summed E-state index contributed by atoms with van der Waals surface area (Å²) < 4.78 is 19.0. The zero-order valence-corrected chi connectivity index (χ0v) is 18.7. The van der Waals surface area contributed by atoms with Gasteiger partial charge in [0.1, 0.15) is 30.2 Å². The van der Waals surface area contributed by atoms with Crippen LogP contribution in [-0.2, 0) is 9.53 Å². The van der Waals surface area contributed by atoms with Gasteiger partial charge in [-0.3, -0.25) is 4.79 Å². The van der Waals surface area contributed by atoms with Gasteiger partial charge in [0.05, 0.1) is 18.6 Å². The molecular formula is C26H30FNO6. The maximum absolute atomic E-state index is 13.2. The highest BCUT2D eigenvalue weighted by Crippen LogP contribution is 2.37. The molecule has 34 heavy (non-hydrogen) atoms. The molecule has 182 valence electrons. The molecule has 2 aromatic carbocycles. The van der Waals surface area contributed by atoms with Crippen molar-refractivity contribution < 1.29 is 34.3 Å². The Morgan fingerprint density at radius 2 is 1.74 bits per heavy atom. The summed E-state index contributed by atoms with van der Waals surface area (Å²) in [4.78, 5) is 14.3. The van der Waals surface area contributed by atoms with E-state index in [2.05, 4.69) is 6.58 Å². The predicted molar refractivity (Wildman–Crippen MR) is 124 cm³/mol. The summed E-state index contributed by atoms with van der Waals surface area (Å²) in [6.45, 7) is 3.77. The SMILES string of the molecule is C=CCCC(c1ccc(C2CN(c3ccc(F)cc3)C2=O)cc1)[C@@H]1O[C@H](CO)[C@@H](O)[C@H](O)[C@H]1O. The highest BCUT2D eigenvalue weighted by molar-refractivity contribution is 6.04. The molecule has 7 nitrogen and oxygen atoms in total. The first-order valence-electron chi connectivity index (χ1n) is 11.4. The lowest BCUT2D eigenvalue weighted by atomic mass is 9.80. The number of ether oxygens (including phenoxy) is 1. The smallest absolute Gasteiger partial charge is 0.236 e. The van der Waals surface area contributed by atoms with Crippen molar-refractivity contribution in [1.82, 2.24) is 0 Å². The first-order chi connectivity index (χ1) is 16.3. The number of aliphatic hydroxyl groups excluding tert-OH is 4. The number of aliphatic hydroxyl groups is 4. The molecule has 2 aromatic rings. The standard InChI is InChI=1S/C26H30FNO6/c1-2-3-4-19(25-24(32)23(31)22(30)21(14-29)34-25)15-5-7-16(8-6-15)20-13-28(26(20)33)18-11-9-17(27)10-12-18/h2,5-12,19-25,29-32H,1,3-4,13-14H2/t19?,20?,21-,22-,23+,24-,25+/m1/s1. The van der Waals surface area contributed by atoms with E-state index in [0.29, 0.717) is 25.1 Å². The number of allylic oxidation sites excluding steroid dienone is 1. The molecule has 4 rings (SSSR count). The molecule has 2 aliphatic heterocycles. The molecule has 0 saturated carbocycles. The Hall–Kier alpha value is -2.62. The Bertz CT molecular complexity index is 995. The number of rotatable bonds is 8. The fourth-order valence-electron chi connectivity index (χ4n) is 4.78. The van der Waals surface area contributed by atoms with Crippen molar-refractivity contribution >= 4 is 11.6 Å². The molecule has 1 amide bonds. The van der Waals surface area contributed by atoms with E-state index in [0.717, 1.165) is 11.1 Å². The lowest BCUT2D eigenvalue weighted by molar-refractivity contribution is -0.234. The van der Waals surface area contributed by atoms with Crippen molar-refractivity contribution in [2.75, 3.05) is 18.1 Å². The van der Waals surface area contributed by atoms with E-state index in [1.165, 1.54) is 12.1 Å². The minimum absolute atomic E-state index is 0.0588. The third kappa shape index (κ3) is 4.64. The van der Waals surface area contributed by atoms with Gasteiger partial charge in [-0.1, -0.05) is 30.3 Å². The van der Waals surface area contributed by atoms with Gasteiger partial charge < -0.3 is 30.1 Å². The molecule has 2 heterocycles. The molecule has 7 atom stereocenters. The molecular weight excluding hydrogens is 441 g/mol. The fraction of sp³-hybridized carbons (Fsp3) is 0.423. The van der Waals surface area contributed by atoms with Crippen LogP contribution in [0.15, 0.2) is 61.2 Å². The number of hydrogen-bond acceptors (Lipinski definition) is 6. The Kier molecular flexibility index (Phi) is 7.45. The molecule has 0 radical (unpaired) electrons. The number of anilines is 1. The first kappa shape index (κ1) is 24.5. The van der Waals surface area contributed by atoms with Crippen molar-refractivity contribution in [3.05, 3.63) is 78.1 Å². The maximum atomic E-state index is 13.2. The van der Waals surface area contributed by atoms with Gasteiger partial charge in [-0.05, 0) is 48.2 Å². The van der Waals surface area contributed by atoms with Gasteiger partial charge >= 0.3 is 0 Å². The van der Waals surface area contributed by atoms with Crippen LogP contribution in [0, 0.1) is 5.82 Å². The molecule has 2 saturated heterocycles. The summed E-state index contributed by atoms with van der Waals surface area (Å²) in [6.07, 6.45) is -3.02. The van der Waals surface area contributed by atoms with Crippen LogP contribution in [-0.4, -0.2) is 70.0 Å². The summed E-state index contributed by atoms with van der Waals surface area (Å²) in [7, 11) is 0. The van der Waals surface area contributed by atoms with Crippen LogP contribution in [0.3, 0.4) is 0 Å². The van der Waals surface area contributed by atoms with Crippen molar-refractivity contribution in [3.63, 3.8) is 0 Å².